The lowest BCUT2D eigenvalue weighted by Crippen LogP contribution is -2.26. The number of para-hydroxylation sites is 2. The van der Waals surface area contributed by atoms with Crippen molar-refractivity contribution in [3.05, 3.63) is 65.7 Å². The maximum Gasteiger partial charge on any atom is 0.251 e. The van der Waals surface area contributed by atoms with Crippen LogP contribution in [-0.4, -0.2) is 22.0 Å². The van der Waals surface area contributed by atoms with Gasteiger partial charge in [0.15, 0.2) is 0 Å². The lowest BCUT2D eigenvalue weighted by molar-refractivity contribution is 0.0954. The number of amides is 1. The van der Waals surface area contributed by atoms with Crippen molar-refractivity contribution in [3.8, 4) is 0 Å². The molecule has 0 unspecified atom stereocenters. The maximum absolute atomic E-state index is 12.9. The summed E-state index contributed by atoms with van der Waals surface area (Å²) in [7, 11) is 0. The second-order valence-corrected chi connectivity index (χ2v) is 5.68. The van der Waals surface area contributed by atoms with Crippen LogP contribution < -0.4 is 5.32 Å². The minimum atomic E-state index is -0.347. The Morgan fingerprint density at radius 1 is 1.17 bits per heavy atom. The lowest BCUT2D eigenvalue weighted by Gasteiger charge is -2.09. The molecule has 0 saturated heterocycles. The molecule has 0 atom stereocenters. The summed E-state index contributed by atoms with van der Waals surface area (Å²) in [5.74, 6) is 0.422. The number of imidazole rings is 1. The van der Waals surface area contributed by atoms with E-state index in [0.717, 1.165) is 29.8 Å². The van der Waals surface area contributed by atoms with Crippen LogP contribution in [0.5, 0.6) is 0 Å². The van der Waals surface area contributed by atoms with Crippen molar-refractivity contribution < 1.29 is 9.18 Å². The second kappa shape index (κ2) is 7.25. The van der Waals surface area contributed by atoms with E-state index in [1.54, 1.807) is 0 Å². The van der Waals surface area contributed by atoms with Crippen LogP contribution in [0.4, 0.5) is 4.39 Å². The number of hydrogen-bond donors (Lipinski definition) is 1. The third-order valence-corrected chi connectivity index (χ3v) is 3.92. The van der Waals surface area contributed by atoms with Gasteiger partial charge >= 0.3 is 0 Å². The van der Waals surface area contributed by atoms with E-state index >= 15 is 0 Å². The number of carbonyl (C=O) groups is 1. The molecule has 1 aromatic heterocycles. The molecule has 24 heavy (non-hydrogen) atoms. The highest BCUT2D eigenvalue weighted by Crippen LogP contribution is 2.16. The molecule has 3 rings (SSSR count). The molecule has 0 aliphatic heterocycles. The van der Waals surface area contributed by atoms with Gasteiger partial charge in [-0.3, -0.25) is 4.79 Å². The van der Waals surface area contributed by atoms with Crippen molar-refractivity contribution in [2.75, 3.05) is 6.54 Å². The first-order valence-corrected chi connectivity index (χ1v) is 8.17. The Labute approximate surface area is 140 Å². The van der Waals surface area contributed by atoms with Gasteiger partial charge in [0.2, 0.25) is 0 Å². The normalized spacial score (nSPS) is 10.9. The second-order valence-electron chi connectivity index (χ2n) is 5.68. The molecular formula is C19H20FN3O. The summed E-state index contributed by atoms with van der Waals surface area (Å²) in [5.41, 5.74) is 2.56. The number of aryl methyl sites for hydroxylation is 1. The fraction of sp³-hybridized carbons (Fsp3) is 0.263. The van der Waals surface area contributed by atoms with Gasteiger partial charge in [-0.2, -0.15) is 0 Å². The highest BCUT2D eigenvalue weighted by Gasteiger charge is 2.10. The van der Waals surface area contributed by atoms with E-state index in [0.29, 0.717) is 18.5 Å². The number of nitrogens with one attached hydrogen (secondary N) is 1. The Hall–Kier alpha value is -2.69. The molecule has 1 heterocycles. The van der Waals surface area contributed by atoms with Gasteiger partial charge in [0.05, 0.1) is 11.0 Å². The molecule has 1 amide bonds. The van der Waals surface area contributed by atoms with Crippen molar-refractivity contribution >= 4 is 16.9 Å². The summed E-state index contributed by atoms with van der Waals surface area (Å²) in [6.07, 6.45) is 1.68. The molecule has 3 aromatic rings. The average molecular weight is 325 g/mol. The Morgan fingerprint density at radius 2 is 1.92 bits per heavy atom. The highest BCUT2D eigenvalue weighted by molar-refractivity contribution is 5.94. The molecule has 0 saturated carbocycles. The van der Waals surface area contributed by atoms with Crippen LogP contribution in [0.1, 0.15) is 29.5 Å². The number of carbonyl (C=O) groups excluding carboxylic acids is 1. The maximum atomic E-state index is 12.9. The van der Waals surface area contributed by atoms with E-state index < -0.39 is 0 Å². The van der Waals surface area contributed by atoms with Crippen LogP contribution in [0, 0.1) is 5.82 Å². The first kappa shape index (κ1) is 16.2. The molecule has 0 aliphatic rings. The SMILES string of the molecule is CCCn1c(CCNC(=O)c2ccc(F)cc2)nc2ccccc21. The number of benzene rings is 2. The summed E-state index contributed by atoms with van der Waals surface area (Å²) in [4.78, 5) is 16.7. The monoisotopic (exact) mass is 325 g/mol. The summed E-state index contributed by atoms with van der Waals surface area (Å²) < 4.78 is 15.1. The number of aromatic nitrogens is 2. The van der Waals surface area contributed by atoms with Gasteiger partial charge < -0.3 is 9.88 Å². The van der Waals surface area contributed by atoms with Gasteiger partial charge in [0.25, 0.3) is 5.91 Å². The summed E-state index contributed by atoms with van der Waals surface area (Å²) >= 11 is 0. The lowest BCUT2D eigenvalue weighted by atomic mass is 10.2. The van der Waals surface area contributed by atoms with E-state index in [1.807, 2.05) is 18.2 Å². The molecule has 0 radical (unpaired) electrons. The molecule has 1 N–H and O–H groups in total. The molecule has 4 nitrogen and oxygen atoms in total. The zero-order valence-corrected chi connectivity index (χ0v) is 13.6. The molecule has 0 spiro atoms. The quantitative estimate of drug-likeness (QED) is 0.753. The number of hydrogen-bond acceptors (Lipinski definition) is 2. The summed E-state index contributed by atoms with van der Waals surface area (Å²) in [6, 6.07) is 13.6. The van der Waals surface area contributed by atoms with E-state index in [-0.39, 0.29) is 11.7 Å². The van der Waals surface area contributed by atoms with Gasteiger partial charge in [-0.25, -0.2) is 9.37 Å². The highest BCUT2D eigenvalue weighted by atomic mass is 19.1. The molecule has 0 fully saturated rings. The Kier molecular flexibility index (Phi) is 4.89. The van der Waals surface area contributed by atoms with E-state index in [1.165, 1.54) is 24.3 Å². The Morgan fingerprint density at radius 3 is 2.67 bits per heavy atom. The minimum Gasteiger partial charge on any atom is -0.352 e. The zero-order valence-electron chi connectivity index (χ0n) is 13.6. The Balaban J connectivity index is 1.68. The van der Waals surface area contributed by atoms with Crippen LogP contribution in [0.3, 0.4) is 0 Å². The van der Waals surface area contributed by atoms with Crippen LogP contribution in [0.25, 0.3) is 11.0 Å². The van der Waals surface area contributed by atoms with Crippen molar-refractivity contribution in [3.63, 3.8) is 0 Å². The topological polar surface area (TPSA) is 46.9 Å². The molecule has 124 valence electrons. The van der Waals surface area contributed by atoms with E-state index in [4.69, 9.17) is 0 Å². The molecule has 0 aliphatic carbocycles. The molecular weight excluding hydrogens is 305 g/mol. The predicted molar refractivity (Wildman–Crippen MR) is 92.5 cm³/mol. The summed E-state index contributed by atoms with van der Waals surface area (Å²) in [6.45, 7) is 3.53. The van der Waals surface area contributed by atoms with E-state index in [9.17, 15) is 9.18 Å². The average Bonchev–Trinajstić information content (AvgIpc) is 2.94. The Bertz CT molecular complexity index is 839. The van der Waals surface area contributed by atoms with Crippen LogP contribution in [0.2, 0.25) is 0 Å². The fourth-order valence-corrected chi connectivity index (χ4v) is 2.78. The standard InChI is InChI=1S/C19H20FN3O/c1-2-13-23-17-6-4-3-5-16(17)22-18(23)11-12-21-19(24)14-7-9-15(20)10-8-14/h3-10H,2,11-13H2,1H3,(H,21,24). The van der Waals surface area contributed by atoms with Gasteiger partial charge in [0.1, 0.15) is 11.6 Å². The number of rotatable bonds is 6. The number of fused-ring (bicyclic) bond motifs is 1. The van der Waals surface area contributed by atoms with Crippen LogP contribution in [0.15, 0.2) is 48.5 Å². The van der Waals surface area contributed by atoms with Gasteiger partial charge in [0, 0.05) is 25.1 Å². The first-order chi connectivity index (χ1) is 11.7. The third kappa shape index (κ3) is 3.45. The smallest absolute Gasteiger partial charge is 0.251 e. The van der Waals surface area contributed by atoms with Crippen molar-refractivity contribution in [2.45, 2.75) is 26.3 Å². The van der Waals surface area contributed by atoms with Crippen LogP contribution >= 0.6 is 0 Å². The van der Waals surface area contributed by atoms with Crippen molar-refractivity contribution in [2.24, 2.45) is 0 Å². The number of halogens is 1. The van der Waals surface area contributed by atoms with Gasteiger partial charge in [-0.1, -0.05) is 19.1 Å². The van der Waals surface area contributed by atoms with E-state index in [2.05, 4.69) is 27.9 Å². The largest absolute Gasteiger partial charge is 0.352 e. The van der Waals surface area contributed by atoms with Gasteiger partial charge in [-0.05, 0) is 42.8 Å². The first-order valence-electron chi connectivity index (χ1n) is 8.17. The van der Waals surface area contributed by atoms with Crippen molar-refractivity contribution in [1.82, 2.24) is 14.9 Å². The predicted octanol–water partition coefficient (Wildman–Crippen LogP) is 3.56. The molecule has 5 heteroatoms. The number of nitrogens with zero attached hydrogens (tertiary/aromatic N) is 2. The van der Waals surface area contributed by atoms with Crippen LogP contribution in [-0.2, 0) is 13.0 Å². The zero-order chi connectivity index (χ0) is 16.9. The fourth-order valence-electron chi connectivity index (χ4n) is 2.78. The third-order valence-electron chi connectivity index (χ3n) is 3.92. The molecule has 0 bridgehead atoms. The minimum absolute atomic E-state index is 0.201. The molecule has 2 aromatic carbocycles. The van der Waals surface area contributed by atoms with Crippen molar-refractivity contribution in [1.29, 1.82) is 0 Å². The van der Waals surface area contributed by atoms with Gasteiger partial charge in [-0.15, -0.1) is 0 Å². The summed E-state index contributed by atoms with van der Waals surface area (Å²) in [5, 5.41) is 2.87.